The second-order valence-electron chi connectivity index (χ2n) is 4.47. The lowest BCUT2D eigenvalue weighted by Gasteiger charge is -2.08. The minimum atomic E-state index is -0.432. The van der Waals surface area contributed by atoms with Gasteiger partial charge in [0.25, 0.3) is 0 Å². The zero-order valence-electron chi connectivity index (χ0n) is 11.4. The van der Waals surface area contributed by atoms with Crippen molar-refractivity contribution in [3.8, 4) is 0 Å². The normalized spacial score (nSPS) is 10.3. The third-order valence-corrected chi connectivity index (χ3v) is 3.87. The van der Waals surface area contributed by atoms with Crippen molar-refractivity contribution in [3.63, 3.8) is 0 Å². The Morgan fingerprint density at radius 3 is 2.33 bits per heavy atom. The van der Waals surface area contributed by atoms with E-state index in [1.54, 1.807) is 43.3 Å². The second kappa shape index (κ2) is 6.41. The maximum atomic E-state index is 12.5. The summed E-state index contributed by atoms with van der Waals surface area (Å²) in [6.07, 6.45) is 0. The van der Waals surface area contributed by atoms with Crippen LogP contribution in [0.25, 0.3) is 0 Å². The number of ether oxygens (including phenoxy) is 1. The fraction of sp³-hybridized carbons (Fsp3) is 0.125. The van der Waals surface area contributed by atoms with E-state index < -0.39 is 5.97 Å². The molecule has 0 fully saturated rings. The molecule has 2 aromatic rings. The smallest absolute Gasteiger partial charge is 0.337 e. The number of carbonyl (C=O) groups is 2. The first-order valence-electron chi connectivity index (χ1n) is 6.12. The molecule has 3 nitrogen and oxygen atoms in total. The maximum Gasteiger partial charge on any atom is 0.337 e. The van der Waals surface area contributed by atoms with E-state index in [9.17, 15) is 9.59 Å². The van der Waals surface area contributed by atoms with Crippen molar-refractivity contribution in [3.05, 3.63) is 68.1 Å². The number of esters is 1. The number of rotatable bonds is 3. The fourth-order valence-electron chi connectivity index (χ4n) is 1.98. The van der Waals surface area contributed by atoms with Crippen LogP contribution in [0, 0.1) is 6.92 Å². The average Bonchev–Trinajstić information content (AvgIpc) is 2.45. The van der Waals surface area contributed by atoms with Crippen LogP contribution in [0.2, 0.25) is 5.02 Å². The van der Waals surface area contributed by atoms with E-state index in [1.165, 1.54) is 7.11 Å². The summed E-state index contributed by atoms with van der Waals surface area (Å²) in [6.45, 7) is 1.77. The Morgan fingerprint density at radius 1 is 1.10 bits per heavy atom. The van der Waals surface area contributed by atoms with Crippen LogP contribution in [0.15, 0.2) is 40.9 Å². The molecule has 0 radical (unpaired) electrons. The third kappa shape index (κ3) is 3.34. The monoisotopic (exact) mass is 366 g/mol. The van der Waals surface area contributed by atoms with Crippen molar-refractivity contribution in [2.45, 2.75) is 6.92 Å². The quantitative estimate of drug-likeness (QED) is 0.595. The molecule has 2 rings (SSSR count). The molecule has 21 heavy (non-hydrogen) atoms. The summed E-state index contributed by atoms with van der Waals surface area (Å²) in [6, 6.07) is 9.92. The van der Waals surface area contributed by atoms with Gasteiger partial charge in [-0.05, 0) is 48.9 Å². The van der Waals surface area contributed by atoms with Crippen LogP contribution in [0.3, 0.4) is 0 Å². The number of carbonyl (C=O) groups excluding carboxylic acids is 2. The molecule has 5 heteroatoms. The molecule has 108 valence electrons. The van der Waals surface area contributed by atoms with Gasteiger partial charge in [0.15, 0.2) is 5.78 Å². The topological polar surface area (TPSA) is 43.4 Å². The van der Waals surface area contributed by atoms with E-state index in [0.717, 1.165) is 4.47 Å². The van der Waals surface area contributed by atoms with Crippen LogP contribution in [-0.2, 0) is 4.74 Å². The van der Waals surface area contributed by atoms with Crippen LogP contribution in [-0.4, -0.2) is 18.9 Å². The largest absolute Gasteiger partial charge is 0.465 e. The van der Waals surface area contributed by atoms with Gasteiger partial charge >= 0.3 is 5.97 Å². The van der Waals surface area contributed by atoms with Crippen LogP contribution in [0.5, 0.6) is 0 Å². The molecule has 0 aliphatic carbocycles. The zero-order valence-corrected chi connectivity index (χ0v) is 13.8. The SMILES string of the molecule is COC(=O)c1ccc(C(=O)c2ccc(Br)cc2Cl)c(C)c1. The highest BCUT2D eigenvalue weighted by molar-refractivity contribution is 9.10. The summed E-state index contributed by atoms with van der Waals surface area (Å²) in [5, 5.41) is 0.380. The molecular weight excluding hydrogens is 356 g/mol. The fourth-order valence-corrected chi connectivity index (χ4v) is 2.74. The summed E-state index contributed by atoms with van der Waals surface area (Å²) < 4.78 is 5.47. The summed E-state index contributed by atoms with van der Waals surface area (Å²) in [4.78, 5) is 24.0. The third-order valence-electron chi connectivity index (χ3n) is 3.07. The molecule has 0 atom stereocenters. The zero-order chi connectivity index (χ0) is 15.6. The van der Waals surface area contributed by atoms with Gasteiger partial charge in [-0.25, -0.2) is 4.79 Å². The number of halogens is 2. The Morgan fingerprint density at radius 2 is 1.76 bits per heavy atom. The summed E-state index contributed by atoms with van der Waals surface area (Å²) >= 11 is 9.41. The van der Waals surface area contributed by atoms with Crippen LogP contribution in [0.1, 0.15) is 31.8 Å². The second-order valence-corrected chi connectivity index (χ2v) is 5.80. The standard InChI is InChI=1S/C16H12BrClO3/c1-9-7-10(16(20)21-2)3-5-12(9)15(19)13-6-4-11(17)8-14(13)18/h3-8H,1-2H3. The van der Waals surface area contributed by atoms with Crippen LogP contribution >= 0.6 is 27.5 Å². The van der Waals surface area contributed by atoms with E-state index in [0.29, 0.717) is 27.3 Å². The minimum Gasteiger partial charge on any atom is -0.465 e. The van der Waals surface area contributed by atoms with Gasteiger partial charge in [-0.2, -0.15) is 0 Å². The highest BCUT2D eigenvalue weighted by Gasteiger charge is 2.16. The highest BCUT2D eigenvalue weighted by atomic mass is 79.9. The van der Waals surface area contributed by atoms with Gasteiger partial charge in [0, 0.05) is 15.6 Å². The predicted octanol–water partition coefficient (Wildman–Crippen LogP) is 4.43. The molecule has 0 aromatic heterocycles. The first kappa shape index (κ1) is 15.7. The lowest BCUT2D eigenvalue weighted by molar-refractivity contribution is 0.0600. The molecule has 0 saturated heterocycles. The van der Waals surface area contributed by atoms with Gasteiger partial charge in [0.05, 0.1) is 17.7 Å². The number of methoxy groups -OCH3 is 1. The van der Waals surface area contributed by atoms with Crippen molar-refractivity contribution in [2.24, 2.45) is 0 Å². The number of hydrogen-bond acceptors (Lipinski definition) is 3. The van der Waals surface area contributed by atoms with E-state index in [1.807, 2.05) is 0 Å². The number of hydrogen-bond donors (Lipinski definition) is 0. The summed E-state index contributed by atoms with van der Waals surface area (Å²) in [7, 11) is 1.32. The van der Waals surface area contributed by atoms with E-state index in [-0.39, 0.29) is 5.78 Å². The first-order valence-corrected chi connectivity index (χ1v) is 7.30. The van der Waals surface area contributed by atoms with Gasteiger partial charge in [-0.3, -0.25) is 4.79 Å². The summed E-state index contributed by atoms with van der Waals surface area (Å²) in [5.74, 6) is -0.611. The Bertz CT molecular complexity index is 725. The lowest BCUT2D eigenvalue weighted by atomic mass is 9.97. The molecule has 0 N–H and O–H groups in total. The molecule has 0 saturated carbocycles. The highest BCUT2D eigenvalue weighted by Crippen LogP contribution is 2.25. The van der Waals surface area contributed by atoms with Gasteiger partial charge in [0.1, 0.15) is 0 Å². The number of aryl methyl sites for hydroxylation is 1. The molecule has 2 aromatic carbocycles. The maximum absolute atomic E-state index is 12.5. The molecular formula is C16H12BrClO3. The Hall–Kier alpha value is -1.65. The van der Waals surface area contributed by atoms with Crippen LogP contribution < -0.4 is 0 Å². The molecule has 0 spiro atoms. The molecule has 0 unspecified atom stereocenters. The van der Waals surface area contributed by atoms with E-state index in [4.69, 9.17) is 11.6 Å². The number of benzene rings is 2. The van der Waals surface area contributed by atoms with Gasteiger partial charge in [-0.15, -0.1) is 0 Å². The minimum absolute atomic E-state index is 0.179. The Balaban J connectivity index is 2.42. The molecule has 0 amide bonds. The van der Waals surface area contributed by atoms with Crippen molar-refractivity contribution in [1.29, 1.82) is 0 Å². The first-order chi connectivity index (χ1) is 9.93. The predicted molar refractivity (Wildman–Crippen MR) is 85.1 cm³/mol. The Labute approximate surface area is 136 Å². The van der Waals surface area contributed by atoms with Crippen LogP contribution in [0.4, 0.5) is 0 Å². The average molecular weight is 368 g/mol. The van der Waals surface area contributed by atoms with Gasteiger partial charge < -0.3 is 4.74 Å². The lowest BCUT2D eigenvalue weighted by Crippen LogP contribution is -2.07. The Kier molecular flexibility index (Phi) is 4.80. The van der Waals surface area contributed by atoms with E-state index in [2.05, 4.69) is 20.7 Å². The summed E-state index contributed by atoms with van der Waals surface area (Å²) in [5.41, 5.74) is 2.04. The van der Waals surface area contributed by atoms with Gasteiger partial charge in [0.2, 0.25) is 0 Å². The van der Waals surface area contributed by atoms with Crippen molar-refractivity contribution < 1.29 is 14.3 Å². The molecule has 0 aliphatic rings. The van der Waals surface area contributed by atoms with Crippen molar-refractivity contribution in [1.82, 2.24) is 0 Å². The molecule has 0 bridgehead atoms. The molecule has 0 heterocycles. The van der Waals surface area contributed by atoms with E-state index >= 15 is 0 Å². The molecule has 0 aliphatic heterocycles. The number of ketones is 1. The van der Waals surface area contributed by atoms with Crippen molar-refractivity contribution in [2.75, 3.05) is 7.11 Å². The van der Waals surface area contributed by atoms with Gasteiger partial charge in [-0.1, -0.05) is 27.5 Å². The van der Waals surface area contributed by atoms with Crippen molar-refractivity contribution >= 4 is 39.3 Å².